The van der Waals surface area contributed by atoms with Crippen LogP contribution in [0.4, 0.5) is 0 Å². The van der Waals surface area contributed by atoms with Crippen LogP contribution in [0.3, 0.4) is 0 Å². The van der Waals surface area contributed by atoms with E-state index in [-0.39, 0.29) is 28.0 Å². The second-order valence-electron chi connectivity index (χ2n) is 8.44. The molecule has 5 rings (SSSR count). The lowest BCUT2D eigenvalue weighted by molar-refractivity contribution is -0.112. The molecule has 168 valence electrons. The minimum atomic E-state index is -0.931. The maximum absolute atomic E-state index is 13.7. The molecule has 2 N–H and O–H groups in total. The number of hydrogen-bond acceptors (Lipinski definition) is 4. The van der Waals surface area contributed by atoms with Crippen molar-refractivity contribution in [2.24, 2.45) is 0 Å². The minimum Gasteiger partial charge on any atom is -0.507 e. The Kier molecular flexibility index (Phi) is 5.13. The molecule has 1 aliphatic carbocycles. The maximum atomic E-state index is 13.7. The molecule has 0 bridgehead atoms. The highest BCUT2D eigenvalue weighted by molar-refractivity contribution is 6.52. The number of carbonyl (C=O) groups excluding carboxylic acids is 2. The number of rotatable bonds is 4. The van der Waals surface area contributed by atoms with Gasteiger partial charge in [-0.15, -0.1) is 0 Å². The fraction of sp³-hybridized carbons (Fsp3) is 0.107. The van der Waals surface area contributed by atoms with E-state index in [1.807, 2.05) is 49.4 Å². The van der Waals surface area contributed by atoms with Crippen LogP contribution < -0.4 is 5.56 Å². The molecular formula is C28H22N2O4. The molecule has 0 aliphatic heterocycles. The number of hydrogen-bond donors (Lipinski definition) is 2. The van der Waals surface area contributed by atoms with E-state index in [0.717, 1.165) is 5.56 Å². The van der Waals surface area contributed by atoms with Gasteiger partial charge in [0.15, 0.2) is 0 Å². The third-order valence-corrected chi connectivity index (χ3v) is 6.25. The van der Waals surface area contributed by atoms with Crippen LogP contribution in [0.25, 0.3) is 11.4 Å². The number of aromatic amines is 1. The Morgan fingerprint density at radius 2 is 1.38 bits per heavy atom. The molecule has 1 heterocycles. The molecule has 6 heteroatoms. The molecule has 1 atom stereocenters. The zero-order chi connectivity index (χ0) is 24.0. The zero-order valence-electron chi connectivity index (χ0n) is 18.7. The van der Waals surface area contributed by atoms with Crippen LogP contribution in [0.1, 0.15) is 44.2 Å². The van der Waals surface area contributed by atoms with Crippen molar-refractivity contribution in [2.45, 2.75) is 19.8 Å². The number of fused-ring (bicyclic) bond motifs is 1. The number of carbonyl (C=O) groups is 2. The third-order valence-electron chi connectivity index (χ3n) is 6.25. The van der Waals surface area contributed by atoms with E-state index in [9.17, 15) is 19.5 Å². The number of H-pyrrole nitrogens is 1. The molecule has 34 heavy (non-hydrogen) atoms. The van der Waals surface area contributed by atoms with E-state index in [4.69, 9.17) is 0 Å². The van der Waals surface area contributed by atoms with Gasteiger partial charge in [0.2, 0.25) is 11.6 Å². The van der Waals surface area contributed by atoms with Crippen molar-refractivity contribution in [3.05, 3.63) is 128 Å². The Balaban J connectivity index is 1.81. The topological polar surface area (TPSA) is 92.2 Å². The molecule has 0 amide bonds. The van der Waals surface area contributed by atoms with E-state index >= 15 is 0 Å². The van der Waals surface area contributed by atoms with Crippen molar-refractivity contribution in [1.82, 2.24) is 9.78 Å². The summed E-state index contributed by atoms with van der Waals surface area (Å²) in [5, 5.41) is 14.3. The van der Waals surface area contributed by atoms with Gasteiger partial charge in [-0.1, -0.05) is 72.3 Å². The first-order valence-electron chi connectivity index (χ1n) is 10.9. The summed E-state index contributed by atoms with van der Waals surface area (Å²) in [6.45, 7) is 3.68. The van der Waals surface area contributed by atoms with Crippen LogP contribution >= 0.6 is 0 Å². The van der Waals surface area contributed by atoms with Gasteiger partial charge in [-0.25, -0.2) is 4.68 Å². The maximum Gasteiger partial charge on any atom is 0.275 e. The number of aliphatic hydroxyl groups excluding tert-OH is 1. The molecular weight excluding hydrogens is 428 g/mol. The number of ketones is 2. The van der Waals surface area contributed by atoms with Crippen LogP contribution in [0.15, 0.2) is 89.2 Å². The van der Waals surface area contributed by atoms with Gasteiger partial charge in [0.05, 0.1) is 16.8 Å². The Morgan fingerprint density at radius 1 is 0.765 bits per heavy atom. The molecule has 0 saturated carbocycles. The van der Waals surface area contributed by atoms with E-state index < -0.39 is 17.5 Å². The number of benzene rings is 3. The summed E-state index contributed by atoms with van der Waals surface area (Å²) in [5.41, 5.74) is 3.12. The van der Waals surface area contributed by atoms with Crippen molar-refractivity contribution in [2.75, 3.05) is 0 Å². The Hall–Kier alpha value is -4.45. The standard InChI is InChI=1S/C28H22N2O4/c1-16-12-14-18(15-13-16)23(22-17(2)29-30(28(22)34)19-8-4-3-5-9-19)24-25(31)20-10-6-7-11-21(20)26(32)27(24)33/h3-15,23,29,31H,1-2H3. The van der Waals surface area contributed by atoms with Crippen molar-refractivity contribution < 1.29 is 14.7 Å². The zero-order valence-corrected chi connectivity index (χ0v) is 18.7. The molecule has 0 fully saturated rings. The molecule has 0 radical (unpaired) electrons. The number of aliphatic hydroxyl groups is 1. The Morgan fingerprint density at radius 3 is 2.06 bits per heavy atom. The average molecular weight is 450 g/mol. The summed E-state index contributed by atoms with van der Waals surface area (Å²) in [4.78, 5) is 40.1. The van der Waals surface area contributed by atoms with Gasteiger partial charge in [0.1, 0.15) is 5.76 Å². The molecule has 0 spiro atoms. The highest BCUT2D eigenvalue weighted by Gasteiger charge is 2.40. The number of nitrogens with zero attached hydrogens (tertiary/aromatic N) is 1. The first-order chi connectivity index (χ1) is 16.4. The van der Waals surface area contributed by atoms with Gasteiger partial charge in [0, 0.05) is 22.7 Å². The van der Waals surface area contributed by atoms with E-state index in [2.05, 4.69) is 5.10 Å². The second-order valence-corrected chi connectivity index (χ2v) is 8.44. The highest BCUT2D eigenvalue weighted by atomic mass is 16.3. The van der Waals surface area contributed by atoms with Gasteiger partial charge >= 0.3 is 0 Å². The van der Waals surface area contributed by atoms with Crippen LogP contribution in [-0.4, -0.2) is 26.5 Å². The number of allylic oxidation sites excluding steroid dienone is 1. The second kappa shape index (κ2) is 8.15. The molecule has 6 nitrogen and oxygen atoms in total. The SMILES string of the molecule is Cc1ccc(C(C2=C(O)c3ccccc3C(=O)C2=O)c2c(C)[nH]n(-c3ccccc3)c2=O)cc1. The molecule has 1 aliphatic rings. The van der Waals surface area contributed by atoms with Crippen LogP contribution in [0, 0.1) is 13.8 Å². The smallest absolute Gasteiger partial charge is 0.275 e. The molecule has 3 aromatic carbocycles. The summed E-state index contributed by atoms with van der Waals surface area (Å²) in [6, 6.07) is 22.9. The minimum absolute atomic E-state index is 0.0908. The molecule has 4 aromatic rings. The number of nitrogens with one attached hydrogen (secondary N) is 1. The first kappa shape index (κ1) is 21.4. The third kappa shape index (κ3) is 3.31. The monoisotopic (exact) mass is 450 g/mol. The quantitative estimate of drug-likeness (QED) is 0.443. The van der Waals surface area contributed by atoms with E-state index in [1.54, 1.807) is 37.3 Å². The summed E-state index contributed by atoms with van der Waals surface area (Å²) in [7, 11) is 0. The fourth-order valence-electron chi connectivity index (χ4n) is 4.55. The average Bonchev–Trinajstić information content (AvgIpc) is 3.15. The Labute approximate surface area is 195 Å². The van der Waals surface area contributed by atoms with E-state index in [1.165, 1.54) is 10.7 Å². The van der Waals surface area contributed by atoms with Crippen LogP contribution in [0.5, 0.6) is 0 Å². The number of para-hydroxylation sites is 1. The van der Waals surface area contributed by atoms with Crippen LogP contribution in [0.2, 0.25) is 0 Å². The summed E-state index contributed by atoms with van der Waals surface area (Å²) in [6.07, 6.45) is 0. The lowest BCUT2D eigenvalue weighted by atomic mass is 9.76. The van der Waals surface area contributed by atoms with Crippen molar-refractivity contribution in [3.63, 3.8) is 0 Å². The number of Topliss-reactive ketones (excluding diaryl/α,β-unsaturated/α-hetero) is 2. The van der Waals surface area contributed by atoms with Gasteiger partial charge in [-0.05, 0) is 31.5 Å². The first-order valence-corrected chi connectivity index (χ1v) is 10.9. The van der Waals surface area contributed by atoms with Crippen molar-refractivity contribution in [3.8, 4) is 5.69 Å². The predicted octanol–water partition coefficient (Wildman–Crippen LogP) is 4.65. The summed E-state index contributed by atoms with van der Waals surface area (Å²) in [5.74, 6) is -2.72. The van der Waals surface area contributed by atoms with Gasteiger partial charge in [-0.3, -0.25) is 19.5 Å². The summed E-state index contributed by atoms with van der Waals surface area (Å²) < 4.78 is 1.41. The number of aromatic nitrogens is 2. The molecule has 1 aromatic heterocycles. The van der Waals surface area contributed by atoms with Crippen LogP contribution in [-0.2, 0) is 4.79 Å². The lowest BCUT2D eigenvalue weighted by Gasteiger charge is -2.24. The van der Waals surface area contributed by atoms with E-state index in [0.29, 0.717) is 22.5 Å². The fourth-order valence-corrected chi connectivity index (χ4v) is 4.55. The number of aryl methyl sites for hydroxylation is 2. The van der Waals surface area contributed by atoms with Crippen molar-refractivity contribution >= 4 is 17.3 Å². The molecule has 1 unspecified atom stereocenters. The summed E-state index contributed by atoms with van der Waals surface area (Å²) >= 11 is 0. The normalized spacial score (nSPS) is 14.3. The highest BCUT2D eigenvalue weighted by Crippen LogP contribution is 2.40. The largest absolute Gasteiger partial charge is 0.507 e. The molecule has 0 saturated heterocycles. The lowest BCUT2D eigenvalue weighted by Crippen LogP contribution is -2.30. The predicted molar refractivity (Wildman–Crippen MR) is 129 cm³/mol. The van der Waals surface area contributed by atoms with Gasteiger partial charge < -0.3 is 5.11 Å². The Bertz CT molecular complexity index is 1520. The van der Waals surface area contributed by atoms with Crippen molar-refractivity contribution in [1.29, 1.82) is 0 Å². The van der Waals surface area contributed by atoms with Gasteiger partial charge in [-0.2, -0.15) is 0 Å². The van der Waals surface area contributed by atoms with Gasteiger partial charge in [0.25, 0.3) is 5.56 Å².